The van der Waals surface area contributed by atoms with Crippen LogP contribution in [0.1, 0.15) is 6.42 Å². The zero-order chi connectivity index (χ0) is 11.4. The number of likely N-dealkylation sites (tertiary alicyclic amines) is 1. The van der Waals surface area contributed by atoms with Crippen molar-refractivity contribution in [3.63, 3.8) is 0 Å². The van der Waals surface area contributed by atoms with Crippen molar-refractivity contribution in [1.29, 1.82) is 0 Å². The maximum Gasteiger partial charge on any atom is 0.223 e. The summed E-state index contributed by atoms with van der Waals surface area (Å²) in [5.41, 5.74) is 0. The maximum atomic E-state index is 11.6. The van der Waals surface area contributed by atoms with Crippen LogP contribution in [0, 0.1) is 5.92 Å². The number of rotatable bonds is 4. The molecule has 0 aromatic heterocycles. The lowest BCUT2D eigenvalue weighted by Crippen LogP contribution is -2.41. The molecule has 16 heavy (non-hydrogen) atoms. The van der Waals surface area contributed by atoms with Gasteiger partial charge >= 0.3 is 0 Å². The highest BCUT2D eigenvalue weighted by molar-refractivity contribution is 5.78. The third-order valence-corrected chi connectivity index (χ3v) is 3.34. The lowest BCUT2D eigenvalue weighted by molar-refractivity contribution is -0.128. The molecule has 1 atom stereocenters. The summed E-state index contributed by atoms with van der Waals surface area (Å²) < 4.78 is 5.27. The Morgan fingerprint density at radius 1 is 1.31 bits per heavy atom. The topological polar surface area (TPSA) is 53.0 Å². The average molecular weight is 228 g/mol. The smallest absolute Gasteiger partial charge is 0.223 e. The van der Waals surface area contributed by atoms with Crippen LogP contribution in [0.25, 0.3) is 0 Å². The van der Waals surface area contributed by atoms with E-state index in [2.05, 4.69) is 4.90 Å². The summed E-state index contributed by atoms with van der Waals surface area (Å²) >= 11 is 0. The summed E-state index contributed by atoms with van der Waals surface area (Å²) in [6, 6.07) is 0. The first kappa shape index (κ1) is 11.8. The number of morpholine rings is 1. The van der Waals surface area contributed by atoms with E-state index in [-0.39, 0.29) is 18.4 Å². The highest BCUT2D eigenvalue weighted by atomic mass is 16.5. The van der Waals surface area contributed by atoms with Crippen LogP contribution in [0.2, 0.25) is 0 Å². The summed E-state index contributed by atoms with van der Waals surface area (Å²) in [5.74, 6) is 0.337. The summed E-state index contributed by atoms with van der Waals surface area (Å²) in [4.78, 5) is 15.8. The van der Waals surface area contributed by atoms with Crippen molar-refractivity contribution >= 4 is 5.91 Å². The molecule has 1 amide bonds. The Kier molecular flexibility index (Phi) is 4.15. The van der Waals surface area contributed by atoms with Crippen LogP contribution >= 0.6 is 0 Å². The van der Waals surface area contributed by atoms with E-state index in [0.717, 1.165) is 45.9 Å². The van der Waals surface area contributed by atoms with E-state index < -0.39 is 0 Å². The summed E-state index contributed by atoms with van der Waals surface area (Å²) in [6.45, 7) is 6.08. The minimum atomic E-state index is 0.125. The fourth-order valence-corrected chi connectivity index (χ4v) is 2.28. The van der Waals surface area contributed by atoms with Crippen molar-refractivity contribution in [2.24, 2.45) is 5.92 Å². The predicted octanol–water partition coefficient (Wildman–Crippen LogP) is -0.841. The van der Waals surface area contributed by atoms with Gasteiger partial charge in [0, 0.05) is 51.7 Å². The molecule has 0 radical (unpaired) electrons. The first-order valence-electron chi connectivity index (χ1n) is 5.98. The van der Waals surface area contributed by atoms with E-state index in [9.17, 15) is 4.79 Å². The Bertz CT molecular complexity index is 241. The van der Waals surface area contributed by atoms with E-state index in [1.54, 1.807) is 0 Å². The number of hydrogen-bond donors (Lipinski definition) is 1. The standard InChI is InChI=1S/C11H20N2O3/c14-9-10-7-11(15)13(8-10)2-1-12-3-5-16-6-4-12/h10,14H,1-9H2. The molecule has 2 saturated heterocycles. The number of carbonyl (C=O) groups is 1. The maximum absolute atomic E-state index is 11.6. The number of aliphatic hydroxyl groups excluding tert-OH is 1. The molecule has 0 aromatic carbocycles. The van der Waals surface area contributed by atoms with Gasteiger partial charge in [-0.25, -0.2) is 0 Å². The van der Waals surface area contributed by atoms with Crippen LogP contribution in [0.15, 0.2) is 0 Å². The Morgan fingerprint density at radius 2 is 2.06 bits per heavy atom. The highest BCUT2D eigenvalue weighted by Gasteiger charge is 2.28. The van der Waals surface area contributed by atoms with Gasteiger partial charge in [-0.1, -0.05) is 0 Å². The summed E-state index contributed by atoms with van der Waals surface area (Å²) in [5, 5.41) is 9.01. The van der Waals surface area contributed by atoms with Crippen LogP contribution in [0.4, 0.5) is 0 Å². The van der Waals surface area contributed by atoms with Gasteiger partial charge in [0.25, 0.3) is 0 Å². The van der Waals surface area contributed by atoms with Gasteiger partial charge in [-0.15, -0.1) is 0 Å². The second-order valence-electron chi connectivity index (χ2n) is 4.55. The van der Waals surface area contributed by atoms with Gasteiger partial charge in [0.1, 0.15) is 0 Å². The minimum absolute atomic E-state index is 0.125. The molecule has 5 heteroatoms. The Labute approximate surface area is 96.0 Å². The number of ether oxygens (including phenoxy) is 1. The minimum Gasteiger partial charge on any atom is -0.396 e. The van der Waals surface area contributed by atoms with E-state index in [0.29, 0.717) is 6.42 Å². The van der Waals surface area contributed by atoms with Gasteiger partial charge in [0.15, 0.2) is 0 Å². The number of carbonyl (C=O) groups excluding carboxylic acids is 1. The fourth-order valence-electron chi connectivity index (χ4n) is 2.28. The SMILES string of the molecule is O=C1CC(CO)CN1CCN1CCOCC1. The van der Waals surface area contributed by atoms with Gasteiger partial charge in [-0.2, -0.15) is 0 Å². The van der Waals surface area contributed by atoms with Gasteiger partial charge in [0.2, 0.25) is 5.91 Å². The molecule has 0 aromatic rings. The molecule has 5 nitrogen and oxygen atoms in total. The average Bonchev–Trinajstić information content (AvgIpc) is 2.69. The van der Waals surface area contributed by atoms with Gasteiger partial charge in [-0.05, 0) is 0 Å². The van der Waals surface area contributed by atoms with Crippen LogP contribution in [-0.2, 0) is 9.53 Å². The number of hydrogen-bond acceptors (Lipinski definition) is 4. The van der Waals surface area contributed by atoms with E-state index in [1.807, 2.05) is 4.90 Å². The molecule has 1 N–H and O–H groups in total. The molecule has 0 bridgehead atoms. The number of amides is 1. The number of aliphatic hydroxyl groups is 1. The highest BCUT2D eigenvalue weighted by Crippen LogP contribution is 2.16. The van der Waals surface area contributed by atoms with Crippen molar-refractivity contribution in [1.82, 2.24) is 9.80 Å². The Hall–Kier alpha value is -0.650. The monoisotopic (exact) mass is 228 g/mol. The summed E-state index contributed by atoms with van der Waals surface area (Å²) in [7, 11) is 0. The molecule has 0 aliphatic carbocycles. The second kappa shape index (κ2) is 5.61. The predicted molar refractivity (Wildman–Crippen MR) is 59.0 cm³/mol. The molecule has 2 rings (SSSR count). The normalized spacial score (nSPS) is 27.7. The fraction of sp³-hybridized carbons (Fsp3) is 0.909. The molecule has 2 heterocycles. The van der Waals surface area contributed by atoms with Gasteiger partial charge < -0.3 is 14.7 Å². The van der Waals surface area contributed by atoms with Gasteiger partial charge in [0.05, 0.1) is 13.2 Å². The van der Waals surface area contributed by atoms with Gasteiger partial charge in [-0.3, -0.25) is 9.69 Å². The van der Waals surface area contributed by atoms with Crippen molar-refractivity contribution in [3.8, 4) is 0 Å². The van der Waals surface area contributed by atoms with E-state index in [1.165, 1.54) is 0 Å². The first-order chi connectivity index (χ1) is 7.79. The Morgan fingerprint density at radius 3 is 2.69 bits per heavy atom. The third kappa shape index (κ3) is 2.93. The van der Waals surface area contributed by atoms with Crippen LogP contribution in [-0.4, -0.2) is 73.4 Å². The Balaban J connectivity index is 1.71. The molecular weight excluding hydrogens is 208 g/mol. The lowest BCUT2D eigenvalue weighted by atomic mass is 10.1. The van der Waals surface area contributed by atoms with Crippen LogP contribution in [0.5, 0.6) is 0 Å². The zero-order valence-corrected chi connectivity index (χ0v) is 9.60. The zero-order valence-electron chi connectivity index (χ0n) is 9.60. The van der Waals surface area contributed by atoms with Crippen molar-refractivity contribution in [2.75, 3.05) is 52.5 Å². The molecule has 0 spiro atoms. The molecule has 2 aliphatic rings. The van der Waals surface area contributed by atoms with Crippen molar-refractivity contribution in [2.45, 2.75) is 6.42 Å². The van der Waals surface area contributed by atoms with Crippen molar-refractivity contribution in [3.05, 3.63) is 0 Å². The van der Waals surface area contributed by atoms with E-state index in [4.69, 9.17) is 9.84 Å². The molecule has 92 valence electrons. The van der Waals surface area contributed by atoms with Crippen LogP contribution in [0.3, 0.4) is 0 Å². The second-order valence-corrected chi connectivity index (χ2v) is 4.55. The molecular formula is C11H20N2O3. The lowest BCUT2D eigenvalue weighted by Gasteiger charge is -2.28. The molecule has 0 saturated carbocycles. The molecule has 1 unspecified atom stereocenters. The van der Waals surface area contributed by atoms with E-state index >= 15 is 0 Å². The largest absolute Gasteiger partial charge is 0.396 e. The number of nitrogens with zero attached hydrogens (tertiary/aromatic N) is 2. The summed E-state index contributed by atoms with van der Waals surface area (Å²) in [6.07, 6.45) is 0.514. The molecule has 2 aliphatic heterocycles. The first-order valence-corrected chi connectivity index (χ1v) is 5.98. The van der Waals surface area contributed by atoms with Crippen molar-refractivity contribution < 1.29 is 14.6 Å². The molecule has 2 fully saturated rings. The van der Waals surface area contributed by atoms with Crippen LogP contribution < -0.4 is 0 Å². The third-order valence-electron chi connectivity index (χ3n) is 3.34. The quantitative estimate of drug-likeness (QED) is 0.681.